The summed E-state index contributed by atoms with van der Waals surface area (Å²) < 4.78 is 7.96. The van der Waals surface area contributed by atoms with Gasteiger partial charge in [0.05, 0.1) is 40.7 Å². The molecule has 26 heavy (non-hydrogen) atoms. The highest BCUT2D eigenvalue weighted by Crippen LogP contribution is 2.40. The molecule has 0 atom stereocenters. The first-order valence-corrected chi connectivity index (χ1v) is 9.31. The van der Waals surface area contributed by atoms with E-state index in [1.807, 2.05) is 18.2 Å². The summed E-state index contributed by atoms with van der Waals surface area (Å²) in [6.07, 6.45) is 0. The van der Waals surface area contributed by atoms with Crippen molar-refractivity contribution in [2.45, 2.75) is 6.54 Å². The number of nitrogens with zero attached hydrogens (tertiary/aromatic N) is 3. The quantitative estimate of drug-likeness (QED) is 0.511. The van der Waals surface area contributed by atoms with Gasteiger partial charge < -0.3 is 9.84 Å². The minimum absolute atomic E-state index is 0.00778. The average Bonchev–Trinajstić information content (AvgIpc) is 3.00. The van der Waals surface area contributed by atoms with Gasteiger partial charge in [-0.1, -0.05) is 6.07 Å². The predicted molar refractivity (Wildman–Crippen MR) is 103 cm³/mol. The molecule has 0 aliphatic carbocycles. The Kier molecular flexibility index (Phi) is 3.63. The van der Waals surface area contributed by atoms with Gasteiger partial charge in [-0.25, -0.2) is 4.52 Å². The van der Waals surface area contributed by atoms with Gasteiger partial charge in [-0.2, -0.15) is 5.10 Å². The number of hydrogen-bond acceptors (Lipinski definition) is 5. The van der Waals surface area contributed by atoms with Gasteiger partial charge in [0, 0.05) is 29.5 Å². The first kappa shape index (κ1) is 16.0. The fraction of sp³-hybridized carbons (Fsp3) is 0.263. The number of morpholine rings is 1. The Labute approximate surface area is 157 Å². The fourth-order valence-electron chi connectivity index (χ4n) is 3.79. The molecule has 1 aliphatic heterocycles. The van der Waals surface area contributed by atoms with E-state index in [0.717, 1.165) is 47.4 Å². The predicted octanol–water partition coefficient (Wildman–Crippen LogP) is 2.74. The topological polar surface area (TPSA) is 67.1 Å². The molecular formula is C19H16BrN3O3. The number of fused-ring (bicyclic) bond motifs is 2. The lowest BCUT2D eigenvalue weighted by Crippen LogP contribution is -2.35. The van der Waals surface area contributed by atoms with Crippen LogP contribution in [0.25, 0.3) is 27.2 Å². The first-order chi connectivity index (χ1) is 12.6. The number of aromatic nitrogens is 2. The van der Waals surface area contributed by atoms with Crippen LogP contribution in [-0.2, 0) is 11.3 Å². The van der Waals surface area contributed by atoms with E-state index < -0.39 is 0 Å². The Hall–Kier alpha value is -2.22. The minimum Gasteiger partial charge on any atom is -0.506 e. The monoisotopic (exact) mass is 413 g/mol. The van der Waals surface area contributed by atoms with Gasteiger partial charge in [-0.05, 0) is 40.2 Å². The molecule has 1 N–H and O–H groups in total. The van der Waals surface area contributed by atoms with Crippen LogP contribution in [0.1, 0.15) is 5.69 Å². The maximum absolute atomic E-state index is 12.4. The summed E-state index contributed by atoms with van der Waals surface area (Å²) in [6, 6.07) is 8.91. The van der Waals surface area contributed by atoms with E-state index in [1.165, 1.54) is 6.07 Å². The largest absolute Gasteiger partial charge is 0.506 e. The number of ether oxygens (including phenoxy) is 1. The highest BCUT2D eigenvalue weighted by molar-refractivity contribution is 9.10. The van der Waals surface area contributed by atoms with Gasteiger partial charge >= 0.3 is 0 Å². The highest BCUT2D eigenvalue weighted by Gasteiger charge is 2.22. The lowest BCUT2D eigenvalue weighted by Gasteiger charge is -2.25. The third kappa shape index (κ3) is 2.24. The molecule has 0 amide bonds. The number of hydrogen-bond donors (Lipinski definition) is 1. The van der Waals surface area contributed by atoms with E-state index in [0.29, 0.717) is 22.8 Å². The molecule has 0 unspecified atom stereocenters. The molecule has 0 saturated carbocycles. The van der Waals surface area contributed by atoms with Gasteiger partial charge in [0.25, 0.3) is 0 Å². The molecule has 0 bridgehead atoms. The molecule has 2 aromatic heterocycles. The van der Waals surface area contributed by atoms with Crippen LogP contribution < -0.4 is 5.43 Å². The standard InChI is InChI=1S/C19H16BrN3O3/c20-12-5-4-11-13(10-22-6-8-26-9-7-22)21-23-14-2-1-3-15(24)17(14)19(25)16(12)18(11)23/h1-5,25H,6-10H2. The Balaban J connectivity index is 1.85. The Bertz CT molecular complexity index is 1200. The molecule has 3 heterocycles. The third-order valence-electron chi connectivity index (χ3n) is 5.05. The molecule has 1 saturated heterocycles. The molecule has 6 nitrogen and oxygen atoms in total. The number of rotatable bonds is 2. The van der Waals surface area contributed by atoms with Crippen molar-refractivity contribution >= 4 is 43.1 Å². The molecule has 0 spiro atoms. The van der Waals surface area contributed by atoms with E-state index in [1.54, 1.807) is 10.6 Å². The van der Waals surface area contributed by atoms with Gasteiger partial charge in [0.1, 0.15) is 5.75 Å². The molecule has 4 aromatic rings. The summed E-state index contributed by atoms with van der Waals surface area (Å²) in [5, 5.41) is 17.6. The van der Waals surface area contributed by atoms with Crippen molar-refractivity contribution in [2.75, 3.05) is 26.3 Å². The van der Waals surface area contributed by atoms with Gasteiger partial charge in [-0.15, -0.1) is 0 Å². The van der Waals surface area contributed by atoms with Crippen molar-refractivity contribution in [1.82, 2.24) is 14.5 Å². The van der Waals surface area contributed by atoms with Gasteiger partial charge in [0.15, 0.2) is 5.43 Å². The Morgan fingerprint density at radius 1 is 1.15 bits per heavy atom. The zero-order chi connectivity index (χ0) is 17.8. The number of aromatic hydroxyl groups is 1. The summed E-state index contributed by atoms with van der Waals surface area (Å²) >= 11 is 3.52. The van der Waals surface area contributed by atoms with Crippen molar-refractivity contribution in [3.8, 4) is 5.75 Å². The van der Waals surface area contributed by atoms with Crippen LogP contribution in [0.15, 0.2) is 39.6 Å². The second-order valence-corrected chi connectivity index (χ2v) is 7.42. The normalized spacial score (nSPS) is 16.2. The molecule has 132 valence electrons. The van der Waals surface area contributed by atoms with Crippen LogP contribution in [-0.4, -0.2) is 45.9 Å². The smallest absolute Gasteiger partial charge is 0.191 e. The highest BCUT2D eigenvalue weighted by atomic mass is 79.9. The van der Waals surface area contributed by atoms with E-state index in [4.69, 9.17) is 9.84 Å². The average molecular weight is 414 g/mol. The molecule has 5 rings (SSSR count). The van der Waals surface area contributed by atoms with Crippen LogP contribution in [0.3, 0.4) is 0 Å². The van der Waals surface area contributed by atoms with Crippen LogP contribution in [0.2, 0.25) is 0 Å². The third-order valence-corrected chi connectivity index (χ3v) is 5.71. The van der Waals surface area contributed by atoms with Crippen LogP contribution in [0, 0.1) is 0 Å². The first-order valence-electron chi connectivity index (χ1n) is 8.52. The Morgan fingerprint density at radius 3 is 2.77 bits per heavy atom. The van der Waals surface area contributed by atoms with Gasteiger partial charge in [0.2, 0.25) is 0 Å². The lowest BCUT2D eigenvalue weighted by molar-refractivity contribution is 0.0338. The summed E-state index contributed by atoms with van der Waals surface area (Å²) in [5.41, 5.74) is 2.18. The maximum atomic E-state index is 12.4. The van der Waals surface area contributed by atoms with Crippen molar-refractivity contribution in [2.24, 2.45) is 0 Å². The van der Waals surface area contributed by atoms with Crippen LogP contribution in [0.5, 0.6) is 5.75 Å². The second-order valence-electron chi connectivity index (χ2n) is 6.56. The summed E-state index contributed by atoms with van der Waals surface area (Å²) in [4.78, 5) is 14.7. The zero-order valence-electron chi connectivity index (χ0n) is 13.9. The van der Waals surface area contributed by atoms with Crippen molar-refractivity contribution in [1.29, 1.82) is 0 Å². The molecule has 2 aromatic carbocycles. The Morgan fingerprint density at radius 2 is 1.96 bits per heavy atom. The van der Waals surface area contributed by atoms with Crippen LogP contribution in [0.4, 0.5) is 0 Å². The zero-order valence-corrected chi connectivity index (χ0v) is 15.5. The molecule has 0 radical (unpaired) electrons. The van der Waals surface area contributed by atoms with Crippen LogP contribution >= 0.6 is 15.9 Å². The van der Waals surface area contributed by atoms with Crippen molar-refractivity contribution in [3.63, 3.8) is 0 Å². The molecule has 7 heteroatoms. The van der Waals surface area contributed by atoms with E-state index >= 15 is 0 Å². The van der Waals surface area contributed by atoms with Crippen molar-refractivity contribution in [3.05, 3.63) is 50.7 Å². The summed E-state index contributed by atoms with van der Waals surface area (Å²) in [5.74, 6) is 0.00778. The van der Waals surface area contributed by atoms with E-state index in [2.05, 4.69) is 20.8 Å². The number of halogens is 1. The lowest BCUT2D eigenvalue weighted by atomic mass is 10.1. The number of pyridine rings is 1. The summed E-state index contributed by atoms with van der Waals surface area (Å²) in [7, 11) is 0. The maximum Gasteiger partial charge on any atom is 0.191 e. The SMILES string of the molecule is O=c1cccc2c1c(O)c1c(Br)ccc3c(CN4CCOCC4)nn2c31. The van der Waals surface area contributed by atoms with E-state index in [-0.39, 0.29) is 11.2 Å². The van der Waals surface area contributed by atoms with Gasteiger partial charge in [-0.3, -0.25) is 9.69 Å². The number of benzene rings is 2. The van der Waals surface area contributed by atoms with Crippen molar-refractivity contribution < 1.29 is 9.84 Å². The molecule has 1 aliphatic rings. The second kappa shape index (κ2) is 5.90. The van der Waals surface area contributed by atoms with E-state index in [9.17, 15) is 9.90 Å². The molecule has 1 fully saturated rings. The summed E-state index contributed by atoms with van der Waals surface area (Å²) in [6.45, 7) is 3.91. The fourth-order valence-corrected chi connectivity index (χ4v) is 4.30. The minimum atomic E-state index is -0.209. The molecular weight excluding hydrogens is 398 g/mol.